The van der Waals surface area contributed by atoms with E-state index in [0.29, 0.717) is 42.2 Å². The van der Waals surface area contributed by atoms with Crippen LogP contribution in [0, 0.1) is 12.7 Å². The van der Waals surface area contributed by atoms with Crippen LogP contribution in [0.15, 0.2) is 24.3 Å². The summed E-state index contributed by atoms with van der Waals surface area (Å²) < 4.78 is 54.0. The molecule has 0 spiro atoms. The number of rotatable bonds is 4. The fourth-order valence-corrected chi connectivity index (χ4v) is 3.17. The van der Waals surface area contributed by atoms with Crippen LogP contribution < -0.4 is 5.32 Å². The van der Waals surface area contributed by atoms with Crippen molar-refractivity contribution in [1.29, 1.82) is 0 Å². The lowest BCUT2D eigenvalue weighted by atomic mass is 10.0. The number of nitrogens with one attached hydrogen (secondary N) is 1. The molecule has 1 aliphatic rings. The van der Waals surface area contributed by atoms with Crippen LogP contribution >= 0.6 is 0 Å². The van der Waals surface area contributed by atoms with Gasteiger partial charge >= 0.3 is 6.18 Å². The molecular formula is C18H17F4N5. The van der Waals surface area contributed by atoms with E-state index in [1.807, 2.05) is 13.8 Å². The van der Waals surface area contributed by atoms with Gasteiger partial charge in [0, 0.05) is 18.2 Å². The Hall–Kier alpha value is -2.71. The highest BCUT2D eigenvalue weighted by Crippen LogP contribution is 2.49. The summed E-state index contributed by atoms with van der Waals surface area (Å²) >= 11 is 0. The maximum absolute atomic E-state index is 14.0. The summed E-state index contributed by atoms with van der Waals surface area (Å²) in [6.45, 7) is 3.75. The average Bonchev–Trinajstić information content (AvgIpc) is 3.24. The Kier molecular flexibility index (Phi) is 3.87. The van der Waals surface area contributed by atoms with Gasteiger partial charge in [-0.15, -0.1) is 5.10 Å². The molecule has 2 heterocycles. The van der Waals surface area contributed by atoms with E-state index in [0.717, 1.165) is 17.8 Å². The van der Waals surface area contributed by atoms with Crippen LogP contribution in [0.2, 0.25) is 0 Å². The molecule has 5 nitrogen and oxygen atoms in total. The molecular weight excluding hydrogens is 362 g/mol. The van der Waals surface area contributed by atoms with Crippen LogP contribution in [0.1, 0.15) is 42.4 Å². The van der Waals surface area contributed by atoms with Crippen molar-refractivity contribution in [2.75, 3.05) is 5.32 Å². The maximum atomic E-state index is 14.0. The zero-order valence-electron chi connectivity index (χ0n) is 14.7. The Bertz CT molecular complexity index is 1020. The van der Waals surface area contributed by atoms with Gasteiger partial charge in [0.2, 0.25) is 0 Å². The van der Waals surface area contributed by atoms with Crippen molar-refractivity contribution in [3.63, 3.8) is 0 Å². The van der Waals surface area contributed by atoms with E-state index in [4.69, 9.17) is 0 Å². The normalized spacial score (nSPS) is 15.9. The molecule has 0 radical (unpaired) electrons. The number of hydrogen-bond acceptors (Lipinski definition) is 4. The fraction of sp³-hybridized carbons (Fsp3) is 0.389. The van der Waals surface area contributed by atoms with Crippen molar-refractivity contribution in [3.8, 4) is 0 Å². The predicted molar refractivity (Wildman–Crippen MR) is 90.8 cm³/mol. The maximum Gasteiger partial charge on any atom is 0.419 e. The molecule has 0 saturated heterocycles. The first-order valence-electron chi connectivity index (χ1n) is 8.60. The second-order valence-electron chi connectivity index (χ2n) is 6.78. The van der Waals surface area contributed by atoms with Crippen LogP contribution in [0.3, 0.4) is 0 Å². The minimum atomic E-state index is -4.71. The molecule has 0 bridgehead atoms. The molecule has 1 fully saturated rings. The molecule has 1 aliphatic carbocycles. The van der Waals surface area contributed by atoms with E-state index < -0.39 is 23.1 Å². The second kappa shape index (κ2) is 5.90. The summed E-state index contributed by atoms with van der Waals surface area (Å²) in [7, 11) is 0. The molecule has 0 unspecified atom stereocenters. The third-order valence-electron chi connectivity index (χ3n) is 4.74. The van der Waals surface area contributed by atoms with E-state index in [1.54, 1.807) is 10.6 Å². The number of aromatic nitrogens is 4. The third-order valence-corrected chi connectivity index (χ3v) is 4.74. The molecule has 4 rings (SSSR count). The predicted octanol–water partition coefficient (Wildman–Crippen LogP) is 4.25. The van der Waals surface area contributed by atoms with Gasteiger partial charge in [-0.25, -0.2) is 9.37 Å². The zero-order chi connectivity index (χ0) is 19.4. The number of aryl methyl sites for hydroxylation is 2. The molecule has 1 aromatic carbocycles. The molecule has 1 N–H and O–H groups in total. The summed E-state index contributed by atoms with van der Waals surface area (Å²) in [5.74, 6) is 0.450. The van der Waals surface area contributed by atoms with E-state index in [1.165, 1.54) is 6.07 Å². The van der Waals surface area contributed by atoms with E-state index in [2.05, 4.69) is 20.4 Å². The van der Waals surface area contributed by atoms with Crippen molar-refractivity contribution >= 4 is 11.6 Å². The van der Waals surface area contributed by atoms with Gasteiger partial charge in [-0.3, -0.25) is 0 Å². The van der Waals surface area contributed by atoms with Crippen molar-refractivity contribution in [2.24, 2.45) is 0 Å². The molecule has 0 atom stereocenters. The molecule has 2 aromatic heterocycles. The summed E-state index contributed by atoms with van der Waals surface area (Å²) in [6.07, 6.45) is -2.71. The number of alkyl halides is 3. The lowest BCUT2D eigenvalue weighted by Crippen LogP contribution is -2.22. The Balaban J connectivity index is 1.72. The number of hydrogen-bond donors (Lipinski definition) is 1. The lowest BCUT2D eigenvalue weighted by molar-refractivity contribution is -0.140. The van der Waals surface area contributed by atoms with Crippen molar-refractivity contribution in [2.45, 2.75) is 44.8 Å². The third kappa shape index (κ3) is 3.11. The molecule has 142 valence electrons. The van der Waals surface area contributed by atoms with E-state index in [-0.39, 0.29) is 0 Å². The first-order chi connectivity index (χ1) is 12.7. The van der Waals surface area contributed by atoms with Gasteiger partial charge in [0.1, 0.15) is 11.6 Å². The SMILES string of the molecule is CCc1nc2nc(C)cc(NC3(c4ccc(C(F)(F)F)c(F)c4)CC3)n2n1. The quantitative estimate of drug-likeness (QED) is 0.689. The summed E-state index contributed by atoms with van der Waals surface area (Å²) in [4.78, 5) is 8.69. The monoisotopic (exact) mass is 379 g/mol. The first kappa shape index (κ1) is 17.7. The van der Waals surface area contributed by atoms with Gasteiger partial charge in [-0.2, -0.15) is 22.7 Å². The van der Waals surface area contributed by atoms with Crippen molar-refractivity contribution < 1.29 is 17.6 Å². The van der Waals surface area contributed by atoms with Crippen LogP contribution in [0.25, 0.3) is 5.78 Å². The molecule has 27 heavy (non-hydrogen) atoms. The number of nitrogens with zero attached hydrogens (tertiary/aromatic N) is 4. The van der Waals surface area contributed by atoms with Gasteiger partial charge in [-0.1, -0.05) is 13.0 Å². The summed E-state index contributed by atoms with van der Waals surface area (Å²) in [6, 6.07) is 4.88. The highest BCUT2D eigenvalue weighted by atomic mass is 19.4. The van der Waals surface area contributed by atoms with Gasteiger partial charge in [0.15, 0.2) is 5.82 Å². The molecule has 1 saturated carbocycles. The van der Waals surface area contributed by atoms with Gasteiger partial charge in [0.25, 0.3) is 5.78 Å². The van der Waals surface area contributed by atoms with Crippen molar-refractivity contribution in [1.82, 2.24) is 19.6 Å². The average molecular weight is 379 g/mol. The summed E-state index contributed by atoms with van der Waals surface area (Å²) in [5, 5.41) is 7.72. The molecule has 0 amide bonds. The lowest BCUT2D eigenvalue weighted by Gasteiger charge is -2.21. The van der Waals surface area contributed by atoms with Gasteiger partial charge in [0.05, 0.1) is 11.1 Å². The minimum absolute atomic E-state index is 0.448. The highest BCUT2D eigenvalue weighted by Gasteiger charge is 2.46. The minimum Gasteiger partial charge on any atom is -0.360 e. The number of benzene rings is 1. The molecule has 3 aromatic rings. The van der Waals surface area contributed by atoms with Crippen LogP contribution in [0.4, 0.5) is 23.4 Å². The summed E-state index contributed by atoms with van der Waals surface area (Å²) in [5.41, 5.74) is -0.668. The number of anilines is 1. The largest absolute Gasteiger partial charge is 0.419 e. The molecule has 0 aliphatic heterocycles. The zero-order valence-corrected chi connectivity index (χ0v) is 14.7. The van der Waals surface area contributed by atoms with Crippen molar-refractivity contribution in [3.05, 3.63) is 52.7 Å². The van der Waals surface area contributed by atoms with Crippen LogP contribution in [0.5, 0.6) is 0 Å². The van der Waals surface area contributed by atoms with Crippen LogP contribution in [-0.2, 0) is 18.1 Å². The fourth-order valence-electron chi connectivity index (χ4n) is 3.17. The number of halogens is 4. The van der Waals surface area contributed by atoms with E-state index >= 15 is 0 Å². The Morgan fingerprint density at radius 2 is 1.93 bits per heavy atom. The number of fused-ring (bicyclic) bond motifs is 1. The van der Waals surface area contributed by atoms with Gasteiger partial charge in [-0.05, 0) is 37.5 Å². The highest BCUT2D eigenvalue weighted by molar-refractivity contribution is 5.51. The molecule has 9 heteroatoms. The van der Waals surface area contributed by atoms with Gasteiger partial charge < -0.3 is 5.32 Å². The Morgan fingerprint density at radius 1 is 1.19 bits per heavy atom. The Labute approximate surface area is 152 Å². The Morgan fingerprint density at radius 3 is 2.52 bits per heavy atom. The second-order valence-corrected chi connectivity index (χ2v) is 6.78. The van der Waals surface area contributed by atoms with E-state index in [9.17, 15) is 17.6 Å². The smallest absolute Gasteiger partial charge is 0.360 e. The standard InChI is InChI=1S/C18H17F4N5/c1-3-14-24-16-23-10(2)8-15(27(16)26-14)25-17(6-7-17)11-4-5-12(13(19)9-11)18(20,21)22/h4-5,8-9,25H,3,6-7H2,1-2H3. The topological polar surface area (TPSA) is 55.1 Å². The van der Waals surface area contributed by atoms with Crippen LogP contribution in [-0.4, -0.2) is 19.6 Å². The first-order valence-corrected chi connectivity index (χ1v) is 8.60.